The van der Waals surface area contributed by atoms with E-state index in [1.807, 2.05) is 0 Å². The fourth-order valence-electron chi connectivity index (χ4n) is 5.34. The fourth-order valence-corrected chi connectivity index (χ4v) is 5.34. The smallest absolute Gasteiger partial charge is 0.0619 e. The second-order valence-electron chi connectivity index (χ2n) is 8.18. The van der Waals surface area contributed by atoms with Crippen molar-refractivity contribution in [1.82, 2.24) is 4.57 Å². The summed E-state index contributed by atoms with van der Waals surface area (Å²) in [5.41, 5.74) is 9.46. The Morgan fingerprint density at radius 1 is 0.567 bits per heavy atom. The zero-order valence-electron chi connectivity index (χ0n) is 16.5. The molecule has 0 aliphatic heterocycles. The normalized spacial score (nSPS) is 12.5. The quantitative estimate of drug-likeness (QED) is 0.277. The molecule has 5 aromatic carbocycles. The van der Waals surface area contributed by atoms with Crippen LogP contribution in [0.5, 0.6) is 0 Å². The predicted molar refractivity (Wildman–Crippen MR) is 127 cm³/mol. The number of para-hydroxylation sites is 1. The van der Waals surface area contributed by atoms with E-state index in [1.165, 1.54) is 60.5 Å². The summed E-state index contributed by atoms with van der Waals surface area (Å²) in [5.74, 6) is 0. The van der Waals surface area contributed by atoms with Crippen molar-refractivity contribution in [3.63, 3.8) is 0 Å². The molecule has 140 valence electrons. The predicted octanol–water partition coefficient (Wildman–Crippen LogP) is 7.51. The maximum atomic E-state index is 2.45. The molecule has 1 nitrogen and oxygen atoms in total. The Morgan fingerprint density at radius 2 is 1.37 bits per heavy atom. The van der Waals surface area contributed by atoms with E-state index in [0.717, 1.165) is 6.42 Å². The van der Waals surface area contributed by atoms with Gasteiger partial charge in [-0.3, -0.25) is 0 Å². The van der Waals surface area contributed by atoms with Crippen molar-refractivity contribution in [2.45, 2.75) is 6.42 Å². The van der Waals surface area contributed by atoms with Crippen LogP contribution in [0.2, 0.25) is 0 Å². The lowest BCUT2D eigenvalue weighted by Crippen LogP contribution is -1.94. The summed E-state index contributed by atoms with van der Waals surface area (Å²) in [6.07, 6.45) is 1.02. The second-order valence-corrected chi connectivity index (χ2v) is 8.18. The molecular weight excluding hydrogens is 362 g/mol. The highest BCUT2D eigenvalue weighted by molar-refractivity contribution is 6.23. The zero-order valence-corrected chi connectivity index (χ0v) is 16.5. The first kappa shape index (κ1) is 16.0. The first-order valence-corrected chi connectivity index (χ1v) is 10.5. The largest absolute Gasteiger partial charge is 0.309 e. The molecular formula is C29H19N. The third-order valence-electron chi connectivity index (χ3n) is 6.59. The van der Waals surface area contributed by atoms with Crippen LogP contribution < -0.4 is 0 Å². The van der Waals surface area contributed by atoms with E-state index in [0.29, 0.717) is 0 Å². The van der Waals surface area contributed by atoms with Crippen molar-refractivity contribution in [2.75, 3.05) is 0 Å². The molecule has 6 aromatic rings. The molecule has 1 heteroatoms. The minimum Gasteiger partial charge on any atom is -0.309 e. The van der Waals surface area contributed by atoms with E-state index in [-0.39, 0.29) is 0 Å². The van der Waals surface area contributed by atoms with Crippen molar-refractivity contribution in [3.05, 3.63) is 114 Å². The Bertz CT molecular complexity index is 1600. The fraction of sp³-hybridized carbons (Fsp3) is 0.0345. The van der Waals surface area contributed by atoms with Crippen molar-refractivity contribution < 1.29 is 0 Å². The average molecular weight is 381 g/mol. The number of hydrogen-bond acceptors (Lipinski definition) is 0. The van der Waals surface area contributed by atoms with Gasteiger partial charge in [-0.25, -0.2) is 0 Å². The lowest BCUT2D eigenvalue weighted by Gasteiger charge is -2.10. The third kappa shape index (κ3) is 2.02. The molecule has 0 fully saturated rings. The number of nitrogens with zero attached hydrogens (tertiary/aromatic N) is 1. The molecule has 0 saturated heterocycles. The molecule has 0 N–H and O–H groups in total. The van der Waals surface area contributed by atoms with Crippen LogP contribution in [-0.2, 0) is 6.42 Å². The lowest BCUT2D eigenvalue weighted by molar-refractivity contribution is 1.18. The zero-order chi connectivity index (χ0) is 19.7. The second kappa shape index (κ2) is 5.84. The first-order valence-electron chi connectivity index (χ1n) is 10.5. The van der Waals surface area contributed by atoms with Gasteiger partial charge in [0.1, 0.15) is 0 Å². The van der Waals surface area contributed by atoms with Gasteiger partial charge in [-0.05, 0) is 52.3 Å². The lowest BCUT2D eigenvalue weighted by atomic mass is 9.98. The molecule has 0 saturated carbocycles. The van der Waals surface area contributed by atoms with Crippen molar-refractivity contribution in [3.8, 4) is 16.8 Å². The molecule has 30 heavy (non-hydrogen) atoms. The number of hydrogen-bond donors (Lipinski definition) is 0. The van der Waals surface area contributed by atoms with Crippen LogP contribution in [0.4, 0.5) is 0 Å². The molecule has 0 bridgehead atoms. The van der Waals surface area contributed by atoms with Crippen LogP contribution in [0, 0.1) is 0 Å². The summed E-state index contributed by atoms with van der Waals surface area (Å²) in [7, 11) is 0. The van der Waals surface area contributed by atoms with Gasteiger partial charge in [-0.15, -0.1) is 0 Å². The maximum absolute atomic E-state index is 2.45. The Balaban J connectivity index is 1.76. The van der Waals surface area contributed by atoms with E-state index in [4.69, 9.17) is 0 Å². The maximum Gasteiger partial charge on any atom is 0.0619 e. The standard InChI is InChI=1S/C29H19N/c1-2-10-22(11-3-1)30-26-17-15-21-18-20-9-5-6-12-23(20)27(21)28(26)25-16-14-19-8-4-7-13-24(19)29(25)30/h1-17H,18H2. The van der Waals surface area contributed by atoms with Crippen LogP contribution in [0.25, 0.3) is 49.4 Å². The third-order valence-corrected chi connectivity index (χ3v) is 6.59. The van der Waals surface area contributed by atoms with Gasteiger partial charge in [0, 0.05) is 21.8 Å². The van der Waals surface area contributed by atoms with Crippen LogP contribution in [0.15, 0.2) is 103 Å². The molecule has 0 amide bonds. The van der Waals surface area contributed by atoms with E-state index in [2.05, 4.69) is 108 Å². The van der Waals surface area contributed by atoms with Crippen LogP contribution in [-0.4, -0.2) is 4.57 Å². The highest BCUT2D eigenvalue weighted by atomic mass is 15.0. The Labute approximate surface area is 174 Å². The Hall–Kier alpha value is -3.84. The highest BCUT2D eigenvalue weighted by Gasteiger charge is 2.25. The van der Waals surface area contributed by atoms with E-state index in [9.17, 15) is 0 Å². The van der Waals surface area contributed by atoms with Crippen molar-refractivity contribution in [1.29, 1.82) is 0 Å². The van der Waals surface area contributed by atoms with Crippen LogP contribution in [0.3, 0.4) is 0 Å². The average Bonchev–Trinajstić information content (AvgIpc) is 3.35. The minimum atomic E-state index is 1.02. The Morgan fingerprint density at radius 3 is 2.30 bits per heavy atom. The Kier molecular flexibility index (Phi) is 3.12. The summed E-state index contributed by atoms with van der Waals surface area (Å²) >= 11 is 0. The van der Waals surface area contributed by atoms with Gasteiger partial charge >= 0.3 is 0 Å². The van der Waals surface area contributed by atoms with Gasteiger partial charge in [0.2, 0.25) is 0 Å². The molecule has 1 aliphatic rings. The number of aromatic nitrogens is 1. The number of benzene rings is 5. The molecule has 0 atom stereocenters. The molecule has 0 radical (unpaired) electrons. The molecule has 1 heterocycles. The van der Waals surface area contributed by atoms with Gasteiger partial charge in [-0.1, -0.05) is 84.9 Å². The van der Waals surface area contributed by atoms with Gasteiger partial charge in [0.25, 0.3) is 0 Å². The van der Waals surface area contributed by atoms with Gasteiger partial charge in [-0.2, -0.15) is 0 Å². The summed E-state index contributed by atoms with van der Waals surface area (Å²) in [6.45, 7) is 0. The minimum absolute atomic E-state index is 1.02. The van der Waals surface area contributed by atoms with Gasteiger partial charge in [0.05, 0.1) is 11.0 Å². The topological polar surface area (TPSA) is 4.93 Å². The van der Waals surface area contributed by atoms with Gasteiger partial charge in [0.15, 0.2) is 0 Å². The first-order chi connectivity index (χ1) is 14.9. The molecule has 7 rings (SSSR count). The van der Waals surface area contributed by atoms with E-state index < -0.39 is 0 Å². The number of rotatable bonds is 1. The molecule has 1 aliphatic carbocycles. The highest BCUT2D eigenvalue weighted by Crippen LogP contribution is 2.46. The van der Waals surface area contributed by atoms with Gasteiger partial charge < -0.3 is 4.57 Å². The van der Waals surface area contributed by atoms with Crippen LogP contribution >= 0.6 is 0 Å². The molecule has 1 aromatic heterocycles. The monoisotopic (exact) mass is 381 g/mol. The van der Waals surface area contributed by atoms with Crippen molar-refractivity contribution >= 4 is 32.6 Å². The van der Waals surface area contributed by atoms with Crippen molar-refractivity contribution in [2.24, 2.45) is 0 Å². The summed E-state index contributed by atoms with van der Waals surface area (Å²) in [6, 6.07) is 37.6. The molecule has 0 spiro atoms. The summed E-state index contributed by atoms with van der Waals surface area (Å²) < 4.78 is 2.45. The molecule has 0 unspecified atom stereocenters. The summed E-state index contributed by atoms with van der Waals surface area (Å²) in [5, 5.41) is 5.29. The SMILES string of the molecule is c1ccc(-n2c3ccc4c(c3c3ccc5ccccc5c32)-c2ccccc2C4)cc1. The summed E-state index contributed by atoms with van der Waals surface area (Å²) in [4.78, 5) is 0. The number of fused-ring (bicyclic) bond motifs is 9. The van der Waals surface area contributed by atoms with E-state index in [1.54, 1.807) is 0 Å². The van der Waals surface area contributed by atoms with Crippen LogP contribution in [0.1, 0.15) is 11.1 Å². The van der Waals surface area contributed by atoms with E-state index >= 15 is 0 Å².